The van der Waals surface area contributed by atoms with E-state index in [9.17, 15) is 26.7 Å². The number of hydrogen-bond acceptors (Lipinski definition) is 1. The van der Waals surface area contributed by atoms with Gasteiger partial charge in [0.1, 0.15) is 6.42 Å². The SMILES string of the molecule is Cc1cc(C(F)(F)F)ccc1C(F)(F)CC(=O)O. The van der Waals surface area contributed by atoms with Crippen LogP contribution in [0.15, 0.2) is 18.2 Å². The van der Waals surface area contributed by atoms with Gasteiger partial charge in [-0.1, -0.05) is 6.07 Å². The topological polar surface area (TPSA) is 37.3 Å². The number of benzene rings is 1. The van der Waals surface area contributed by atoms with Crippen molar-refractivity contribution in [2.45, 2.75) is 25.4 Å². The Morgan fingerprint density at radius 1 is 1.22 bits per heavy atom. The summed E-state index contributed by atoms with van der Waals surface area (Å²) in [6.45, 7) is 1.08. The number of alkyl halides is 5. The smallest absolute Gasteiger partial charge is 0.416 e. The summed E-state index contributed by atoms with van der Waals surface area (Å²) >= 11 is 0. The van der Waals surface area contributed by atoms with Crippen LogP contribution < -0.4 is 0 Å². The minimum atomic E-state index is -4.62. The number of aryl methyl sites for hydroxylation is 1. The van der Waals surface area contributed by atoms with E-state index in [1.807, 2.05) is 0 Å². The molecule has 0 atom stereocenters. The van der Waals surface area contributed by atoms with E-state index in [4.69, 9.17) is 5.11 Å². The van der Waals surface area contributed by atoms with Gasteiger partial charge in [-0.25, -0.2) is 8.78 Å². The fourth-order valence-corrected chi connectivity index (χ4v) is 1.54. The van der Waals surface area contributed by atoms with Crippen molar-refractivity contribution in [3.05, 3.63) is 34.9 Å². The zero-order chi connectivity index (χ0) is 14.1. The number of carboxylic acid groups (broad SMARTS) is 1. The molecule has 0 bridgehead atoms. The molecule has 0 spiro atoms. The molecule has 1 N–H and O–H groups in total. The highest BCUT2D eigenvalue weighted by atomic mass is 19.4. The molecule has 7 heteroatoms. The van der Waals surface area contributed by atoms with Crippen LogP contribution in [-0.2, 0) is 16.9 Å². The van der Waals surface area contributed by atoms with Gasteiger partial charge < -0.3 is 5.11 Å². The largest absolute Gasteiger partial charge is 0.481 e. The van der Waals surface area contributed by atoms with E-state index in [0.29, 0.717) is 18.2 Å². The fraction of sp³-hybridized carbons (Fsp3) is 0.364. The lowest BCUT2D eigenvalue weighted by molar-refractivity contribution is -0.146. The maximum absolute atomic E-state index is 13.4. The minimum absolute atomic E-state index is 0.295. The molecular formula is C11H9F5O2. The number of hydrogen-bond donors (Lipinski definition) is 1. The molecular weight excluding hydrogens is 259 g/mol. The third kappa shape index (κ3) is 3.18. The van der Waals surface area contributed by atoms with E-state index in [0.717, 1.165) is 6.92 Å². The van der Waals surface area contributed by atoms with Crippen LogP contribution in [0.4, 0.5) is 22.0 Å². The molecule has 0 aliphatic heterocycles. The Kier molecular flexibility index (Phi) is 3.64. The number of carbonyl (C=O) groups is 1. The van der Waals surface area contributed by atoms with Crippen molar-refractivity contribution in [3.8, 4) is 0 Å². The third-order valence-corrected chi connectivity index (χ3v) is 2.32. The monoisotopic (exact) mass is 268 g/mol. The quantitative estimate of drug-likeness (QED) is 0.851. The van der Waals surface area contributed by atoms with Crippen molar-refractivity contribution in [1.82, 2.24) is 0 Å². The van der Waals surface area contributed by atoms with E-state index in [1.165, 1.54) is 0 Å². The normalized spacial score (nSPS) is 12.6. The van der Waals surface area contributed by atoms with Crippen LogP contribution in [0, 0.1) is 6.92 Å². The maximum Gasteiger partial charge on any atom is 0.416 e. The van der Waals surface area contributed by atoms with E-state index >= 15 is 0 Å². The number of rotatable bonds is 3. The van der Waals surface area contributed by atoms with E-state index in [2.05, 4.69) is 0 Å². The average Bonchev–Trinajstić information content (AvgIpc) is 2.13. The van der Waals surface area contributed by atoms with Gasteiger partial charge >= 0.3 is 12.1 Å². The fourth-order valence-electron chi connectivity index (χ4n) is 1.54. The van der Waals surface area contributed by atoms with Gasteiger partial charge in [-0.15, -0.1) is 0 Å². The van der Waals surface area contributed by atoms with E-state index in [1.54, 1.807) is 0 Å². The first-order chi connectivity index (χ1) is 8.04. The van der Waals surface area contributed by atoms with Crippen molar-refractivity contribution < 1.29 is 31.9 Å². The minimum Gasteiger partial charge on any atom is -0.481 e. The predicted molar refractivity (Wildman–Crippen MR) is 52.3 cm³/mol. The summed E-state index contributed by atoms with van der Waals surface area (Å²) < 4.78 is 63.8. The Labute approximate surface area is 99.0 Å². The van der Waals surface area contributed by atoms with Gasteiger partial charge in [0.05, 0.1) is 5.56 Å². The molecule has 2 nitrogen and oxygen atoms in total. The Morgan fingerprint density at radius 2 is 1.78 bits per heavy atom. The maximum atomic E-state index is 13.4. The molecule has 0 unspecified atom stereocenters. The van der Waals surface area contributed by atoms with Gasteiger partial charge in [-0.2, -0.15) is 13.2 Å². The molecule has 0 amide bonds. The Hall–Kier alpha value is -1.66. The third-order valence-electron chi connectivity index (χ3n) is 2.32. The molecule has 0 fully saturated rings. The first-order valence-electron chi connectivity index (χ1n) is 4.82. The second-order valence-electron chi connectivity index (χ2n) is 3.80. The molecule has 0 radical (unpaired) electrons. The van der Waals surface area contributed by atoms with Crippen molar-refractivity contribution in [1.29, 1.82) is 0 Å². The highest BCUT2D eigenvalue weighted by molar-refractivity contribution is 5.68. The summed E-state index contributed by atoms with van der Waals surface area (Å²) in [5.41, 5.74) is -2.05. The molecule has 0 saturated carbocycles. The van der Waals surface area contributed by atoms with Gasteiger partial charge in [-0.05, 0) is 24.6 Å². The molecule has 100 valence electrons. The first-order valence-corrected chi connectivity index (χ1v) is 4.82. The van der Waals surface area contributed by atoms with Gasteiger partial charge in [0.15, 0.2) is 0 Å². The molecule has 1 aromatic rings. The lowest BCUT2D eigenvalue weighted by Crippen LogP contribution is -2.20. The standard InChI is InChI=1S/C11H9F5O2/c1-6-4-7(11(14,15)16)2-3-8(6)10(12,13)5-9(17)18/h2-4H,5H2,1H3,(H,17,18). The van der Waals surface area contributed by atoms with Crippen molar-refractivity contribution >= 4 is 5.97 Å². The summed E-state index contributed by atoms with van der Waals surface area (Å²) in [6.07, 6.45) is -6.08. The Bertz CT molecular complexity index is 465. The summed E-state index contributed by atoms with van der Waals surface area (Å²) in [5, 5.41) is 8.33. The van der Waals surface area contributed by atoms with Gasteiger partial charge in [0.2, 0.25) is 0 Å². The molecule has 18 heavy (non-hydrogen) atoms. The number of carboxylic acids is 1. The summed E-state index contributed by atoms with van der Waals surface area (Å²) in [5.74, 6) is -5.42. The van der Waals surface area contributed by atoms with Gasteiger partial charge in [0.25, 0.3) is 5.92 Å². The Morgan fingerprint density at radius 3 is 2.17 bits per heavy atom. The molecule has 0 heterocycles. The molecule has 1 aromatic carbocycles. The van der Waals surface area contributed by atoms with Crippen LogP contribution in [0.1, 0.15) is 23.1 Å². The second kappa shape index (κ2) is 4.55. The zero-order valence-electron chi connectivity index (χ0n) is 9.18. The van der Waals surface area contributed by atoms with Crippen molar-refractivity contribution in [3.63, 3.8) is 0 Å². The van der Waals surface area contributed by atoms with Crippen LogP contribution >= 0.6 is 0 Å². The van der Waals surface area contributed by atoms with Crippen LogP contribution in [-0.4, -0.2) is 11.1 Å². The summed E-state index contributed by atoms with van der Waals surface area (Å²) in [4.78, 5) is 10.3. The highest BCUT2D eigenvalue weighted by Gasteiger charge is 2.37. The first kappa shape index (κ1) is 14.4. The number of halogens is 5. The van der Waals surface area contributed by atoms with Crippen LogP contribution in [0.2, 0.25) is 0 Å². The summed E-state index contributed by atoms with van der Waals surface area (Å²) in [6, 6.07) is 1.70. The average molecular weight is 268 g/mol. The second-order valence-corrected chi connectivity index (χ2v) is 3.80. The van der Waals surface area contributed by atoms with Crippen LogP contribution in [0.25, 0.3) is 0 Å². The predicted octanol–water partition coefficient (Wildman–Crippen LogP) is 3.58. The Balaban J connectivity index is 3.17. The molecule has 0 aliphatic carbocycles. The van der Waals surface area contributed by atoms with Crippen molar-refractivity contribution in [2.75, 3.05) is 0 Å². The molecule has 1 rings (SSSR count). The van der Waals surface area contributed by atoms with Gasteiger partial charge in [-0.3, -0.25) is 4.79 Å². The van der Waals surface area contributed by atoms with E-state index < -0.39 is 35.6 Å². The highest BCUT2D eigenvalue weighted by Crippen LogP contribution is 2.37. The van der Waals surface area contributed by atoms with Crippen LogP contribution in [0.3, 0.4) is 0 Å². The number of aliphatic carboxylic acids is 1. The van der Waals surface area contributed by atoms with Crippen LogP contribution in [0.5, 0.6) is 0 Å². The molecule has 0 aromatic heterocycles. The summed E-state index contributed by atoms with van der Waals surface area (Å²) in [7, 11) is 0. The lowest BCUT2D eigenvalue weighted by Gasteiger charge is -2.18. The zero-order valence-corrected chi connectivity index (χ0v) is 9.18. The lowest BCUT2D eigenvalue weighted by atomic mass is 9.98. The van der Waals surface area contributed by atoms with Crippen molar-refractivity contribution in [2.24, 2.45) is 0 Å². The van der Waals surface area contributed by atoms with Gasteiger partial charge in [0, 0.05) is 5.56 Å². The van der Waals surface area contributed by atoms with E-state index in [-0.39, 0.29) is 5.56 Å². The molecule has 0 saturated heterocycles. The molecule has 0 aliphatic rings.